The lowest BCUT2D eigenvalue weighted by Gasteiger charge is -2.11. The van der Waals surface area contributed by atoms with E-state index in [1.54, 1.807) is 0 Å². The van der Waals surface area contributed by atoms with E-state index in [1.165, 1.54) is 12.1 Å². The van der Waals surface area contributed by atoms with Crippen LogP contribution in [0.4, 0.5) is 10.1 Å². The topological polar surface area (TPSA) is 15.3 Å². The molecule has 4 heteroatoms. The number of rotatable bonds is 4. The van der Waals surface area contributed by atoms with Crippen LogP contribution in [0, 0.1) is 5.82 Å². The molecule has 0 atom stereocenters. The van der Waals surface area contributed by atoms with Crippen LogP contribution in [0.15, 0.2) is 23.1 Å². The Morgan fingerprint density at radius 1 is 1.25 bits per heavy atom. The van der Waals surface area contributed by atoms with Crippen molar-refractivity contribution >= 4 is 18.3 Å². The summed E-state index contributed by atoms with van der Waals surface area (Å²) in [5.74, 6) is -0.259. The highest BCUT2D eigenvalue weighted by Gasteiger charge is 1.97. The van der Waals surface area contributed by atoms with Crippen molar-refractivity contribution in [1.29, 1.82) is 0 Å². The van der Waals surface area contributed by atoms with Crippen molar-refractivity contribution in [1.82, 2.24) is 4.90 Å². The molecular formula is C12H21FN2S. The molecule has 0 fully saturated rings. The Morgan fingerprint density at radius 3 is 2.38 bits per heavy atom. The van der Waals surface area contributed by atoms with Gasteiger partial charge in [0, 0.05) is 23.7 Å². The van der Waals surface area contributed by atoms with E-state index >= 15 is 0 Å². The van der Waals surface area contributed by atoms with Gasteiger partial charge >= 0.3 is 0 Å². The fraction of sp³-hybridized carbons (Fsp3) is 0.500. The van der Waals surface area contributed by atoms with Crippen LogP contribution >= 0.6 is 12.6 Å². The SMILES string of the molecule is CC.CN(C)CCNc1cc(F)cc(S)c1. The first-order valence-electron chi connectivity index (χ1n) is 5.46. The van der Waals surface area contributed by atoms with Gasteiger partial charge in [-0.3, -0.25) is 0 Å². The summed E-state index contributed by atoms with van der Waals surface area (Å²) in [5.41, 5.74) is 0.775. The van der Waals surface area contributed by atoms with Crippen molar-refractivity contribution < 1.29 is 4.39 Å². The Hall–Kier alpha value is -0.740. The van der Waals surface area contributed by atoms with Crippen molar-refractivity contribution in [3.8, 4) is 0 Å². The summed E-state index contributed by atoms with van der Waals surface area (Å²) in [4.78, 5) is 2.70. The Bertz CT molecular complexity index is 283. The van der Waals surface area contributed by atoms with Crippen molar-refractivity contribution in [2.45, 2.75) is 18.7 Å². The summed E-state index contributed by atoms with van der Waals surface area (Å²) >= 11 is 4.10. The van der Waals surface area contributed by atoms with Crippen molar-refractivity contribution in [3.63, 3.8) is 0 Å². The van der Waals surface area contributed by atoms with Gasteiger partial charge in [0.25, 0.3) is 0 Å². The maximum absolute atomic E-state index is 12.9. The van der Waals surface area contributed by atoms with E-state index in [1.807, 2.05) is 34.0 Å². The molecule has 0 aliphatic heterocycles. The highest BCUT2D eigenvalue weighted by atomic mass is 32.1. The van der Waals surface area contributed by atoms with Gasteiger partial charge < -0.3 is 10.2 Å². The van der Waals surface area contributed by atoms with Crippen LogP contribution in [0.2, 0.25) is 0 Å². The first kappa shape index (κ1) is 15.3. The quantitative estimate of drug-likeness (QED) is 0.791. The number of thiol groups is 1. The predicted octanol–water partition coefficient (Wildman–Crippen LogP) is 3.11. The van der Waals surface area contributed by atoms with Crippen LogP contribution < -0.4 is 5.32 Å². The number of nitrogens with one attached hydrogen (secondary N) is 1. The molecule has 1 rings (SSSR count). The zero-order valence-electron chi connectivity index (χ0n) is 10.4. The molecule has 1 N–H and O–H groups in total. The van der Waals surface area contributed by atoms with Crippen LogP contribution in [0.3, 0.4) is 0 Å². The normalized spacial score (nSPS) is 9.69. The highest BCUT2D eigenvalue weighted by molar-refractivity contribution is 7.80. The Morgan fingerprint density at radius 2 is 1.88 bits per heavy atom. The molecule has 1 aromatic rings. The molecular weight excluding hydrogens is 223 g/mol. The smallest absolute Gasteiger partial charge is 0.126 e. The van der Waals surface area contributed by atoms with E-state index in [4.69, 9.17) is 0 Å². The van der Waals surface area contributed by atoms with Crippen molar-refractivity contribution in [2.24, 2.45) is 0 Å². The summed E-state index contributed by atoms with van der Waals surface area (Å²) in [6.45, 7) is 5.71. The maximum atomic E-state index is 12.9. The lowest BCUT2D eigenvalue weighted by Crippen LogP contribution is -2.20. The largest absolute Gasteiger partial charge is 0.384 e. The number of hydrogen-bond donors (Lipinski definition) is 2. The van der Waals surface area contributed by atoms with Crippen LogP contribution in [0.1, 0.15) is 13.8 Å². The minimum Gasteiger partial charge on any atom is -0.384 e. The average molecular weight is 244 g/mol. The van der Waals surface area contributed by atoms with Gasteiger partial charge in [0.05, 0.1) is 0 Å². The van der Waals surface area contributed by atoms with E-state index in [-0.39, 0.29) is 5.82 Å². The number of halogens is 1. The lowest BCUT2D eigenvalue weighted by molar-refractivity contribution is 0.425. The fourth-order valence-corrected chi connectivity index (χ4v) is 1.36. The number of nitrogens with zero attached hydrogens (tertiary/aromatic N) is 1. The Labute approximate surface area is 103 Å². The van der Waals surface area contributed by atoms with Crippen LogP contribution in [0.25, 0.3) is 0 Å². The fourth-order valence-electron chi connectivity index (χ4n) is 1.10. The van der Waals surface area contributed by atoms with Crippen LogP contribution in [0.5, 0.6) is 0 Å². The van der Waals surface area contributed by atoms with Crippen LogP contribution in [-0.4, -0.2) is 32.1 Å². The zero-order valence-corrected chi connectivity index (χ0v) is 11.3. The first-order valence-corrected chi connectivity index (χ1v) is 5.91. The zero-order chi connectivity index (χ0) is 12.6. The Kier molecular flexibility index (Phi) is 8.03. The predicted molar refractivity (Wildman–Crippen MR) is 72.0 cm³/mol. The van der Waals surface area contributed by atoms with E-state index in [9.17, 15) is 4.39 Å². The van der Waals surface area contributed by atoms with Gasteiger partial charge in [0.15, 0.2) is 0 Å². The summed E-state index contributed by atoms with van der Waals surface area (Å²) in [6.07, 6.45) is 0. The molecule has 0 aliphatic carbocycles. The highest BCUT2D eigenvalue weighted by Crippen LogP contribution is 2.16. The third kappa shape index (κ3) is 6.69. The summed E-state index contributed by atoms with van der Waals surface area (Å²) in [6, 6.07) is 4.66. The summed E-state index contributed by atoms with van der Waals surface area (Å²) in [5, 5.41) is 3.13. The molecule has 92 valence electrons. The summed E-state index contributed by atoms with van der Waals surface area (Å²) < 4.78 is 12.9. The summed E-state index contributed by atoms with van der Waals surface area (Å²) in [7, 11) is 3.99. The first-order chi connectivity index (χ1) is 7.58. The second kappa shape index (κ2) is 8.42. The maximum Gasteiger partial charge on any atom is 0.126 e. The lowest BCUT2D eigenvalue weighted by atomic mass is 10.3. The molecule has 0 aliphatic rings. The number of hydrogen-bond acceptors (Lipinski definition) is 3. The van der Waals surface area contributed by atoms with Crippen LogP contribution in [-0.2, 0) is 0 Å². The van der Waals surface area contributed by atoms with Gasteiger partial charge in [-0.25, -0.2) is 4.39 Å². The molecule has 1 aromatic carbocycles. The number of anilines is 1. The third-order valence-corrected chi connectivity index (χ3v) is 2.03. The molecule has 0 radical (unpaired) electrons. The molecule has 0 unspecified atom stereocenters. The van der Waals surface area contributed by atoms with E-state index in [0.717, 1.165) is 18.8 Å². The minimum absolute atomic E-state index is 0.259. The van der Waals surface area contributed by atoms with E-state index in [0.29, 0.717) is 4.90 Å². The molecule has 0 saturated heterocycles. The Balaban J connectivity index is 0.00000106. The second-order valence-corrected chi connectivity index (χ2v) is 3.94. The molecule has 0 spiro atoms. The van der Waals surface area contributed by atoms with Crippen molar-refractivity contribution in [2.75, 3.05) is 32.5 Å². The monoisotopic (exact) mass is 244 g/mol. The van der Waals surface area contributed by atoms with Gasteiger partial charge in [0.1, 0.15) is 5.82 Å². The van der Waals surface area contributed by atoms with E-state index < -0.39 is 0 Å². The van der Waals surface area contributed by atoms with Gasteiger partial charge in [-0.2, -0.15) is 0 Å². The minimum atomic E-state index is -0.259. The molecule has 0 saturated carbocycles. The molecule has 0 amide bonds. The van der Waals surface area contributed by atoms with E-state index in [2.05, 4.69) is 22.8 Å². The standard InChI is InChI=1S/C10H15FN2S.C2H6/c1-13(2)4-3-12-9-5-8(11)6-10(14)7-9;1-2/h5-7,12,14H,3-4H2,1-2H3;1-2H3. The van der Waals surface area contributed by atoms with Gasteiger partial charge in [-0.15, -0.1) is 12.6 Å². The molecule has 0 bridgehead atoms. The average Bonchev–Trinajstić information content (AvgIpc) is 2.18. The number of benzene rings is 1. The molecule has 16 heavy (non-hydrogen) atoms. The molecule has 0 heterocycles. The van der Waals surface area contributed by atoms with Gasteiger partial charge in [-0.05, 0) is 32.3 Å². The molecule has 2 nitrogen and oxygen atoms in total. The third-order valence-electron chi connectivity index (χ3n) is 1.77. The van der Waals surface area contributed by atoms with Crippen molar-refractivity contribution in [3.05, 3.63) is 24.0 Å². The number of likely N-dealkylation sites (N-methyl/N-ethyl adjacent to an activating group) is 1. The van der Waals surface area contributed by atoms with Gasteiger partial charge in [-0.1, -0.05) is 13.8 Å². The van der Waals surface area contributed by atoms with Gasteiger partial charge in [0.2, 0.25) is 0 Å². The molecule has 0 aromatic heterocycles. The second-order valence-electron chi connectivity index (χ2n) is 3.43.